The molecule has 0 spiro atoms. The van der Waals surface area contributed by atoms with Crippen molar-refractivity contribution >= 4 is 50.3 Å². The predicted octanol–water partition coefficient (Wildman–Crippen LogP) is 4.18. The normalized spacial score (nSPS) is 14.3. The second-order valence-electron chi connectivity index (χ2n) is 6.41. The summed E-state index contributed by atoms with van der Waals surface area (Å²) in [5, 5.41) is 9.78. The second-order valence-corrected chi connectivity index (χ2v) is 8.51. The van der Waals surface area contributed by atoms with Crippen molar-refractivity contribution in [3.63, 3.8) is 0 Å². The number of hydrogen-bond acceptors (Lipinski definition) is 5. The molecule has 3 aromatic rings. The lowest BCUT2D eigenvalue weighted by atomic mass is 9.97. The van der Waals surface area contributed by atoms with Gasteiger partial charge in [-0.2, -0.15) is 0 Å². The zero-order valence-electron chi connectivity index (χ0n) is 14.5. The number of aryl methyl sites for hydroxylation is 2. The van der Waals surface area contributed by atoms with Gasteiger partial charge in [0, 0.05) is 4.88 Å². The van der Waals surface area contributed by atoms with Gasteiger partial charge >= 0.3 is 5.97 Å². The molecule has 0 radical (unpaired) electrons. The first-order valence-electron chi connectivity index (χ1n) is 8.78. The van der Waals surface area contributed by atoms with Crippen LogP contribution in [0.5, 0.6) is 0 Å². The number of H-pyrrole nitrogens is 1. The Morgan fingerprint density at radius 2 is 2.04 bits per heavy atom. The third-order valence-electron chi connectivity index (χ3n) is 4.51. The Balaban J connectivity index is 1.82. The van der Waals surface area contributed by atoms with Crippen LogP contribution in [0.25, 0.3) is 21.2 Å². The van der Waals surface area contributed by atoms with Crippen molar-refractivity contribution in [2.45, 2.75) is 25.7 Å². The van der Waals surface area contributed by atoms with E-state index in [1.54, 1.807) is 11.3 Å². The monoisotopic (exact) mass is 398 g/mol. The van der Waals surface area contributed by atoms with Crippen LogP contribution < -0.4 is 5.56 Å². The Kier molecular flexibility index (Phi) is 5.13. The molecule has 27 heavy (non-hydrogen) atoms. The first-order chi connectivity index (χ1) is 13.1. The lowest BCUT2D eigenvalue weighted by Gasteiger charge is -2.09. The number of carbonyl (C=O) groups is 1. The minimum absolute atomic E-state index is 0.0959. The van der Waals surface area contributed by atoms with E-state index in [2.05, 4.69) is 4.98 Å². The summed E-state index contributed by atoms with van der Waals surface area (Å²) in [7, 11) is 0. The van der Waals surface area contributed by atoms with E-state index < -0.39 is 5.97 Å². The number of carboxylic acids is 1. The van der Waals surface area contributed by atoms with Crippen LogP contribution in [-0.2, 0) is 17.6 Å². The average Bonchev–Trinajstić information content (AvgIpc) is 3.04. The largest absolute Gasteiger partial charge is 0.481 e. The van der Waals surface area contributed by atoms with Crippen molar-refractivity contribution in [2.75, 3.05) is 5.75 Å². The Labute approximate surface area is 164 Å². The van der Waals surface area contributed by atoms with Gasteiger partial charge in [0.05, 0.1) is 16.0 Å². The van der Waals surface area contributed by atoms with E-state index in [0.29, 0.717) is 16.1 Å². The number of hydrogen-bond donors (Lipinski definition) is 2. The molecule has 0 fully saturated rings. The number of rotatable bonds is 5. The SMILES string of the molecule is O=C(O)CS/C(=C\c1ccccc1)c1nc2sc3c(c2c(=O)[nH]1)CCCC3. The molecule has 138 valence electrons. The van der Waals surface area contributed by atoms with E-state index in [4.69, 9.17) is 10.1 Å². The number of thioether (sulfide) groups is 1. The number of fused-ring (bicyclic) bond motifs is 3. The number of nitrogens with one attached hydrogen (secondary N) is 1. The molecule has 0 saturated carbocycles. The molecular weight excluding hydrogens is 380 g/mol. The zero-order valence-corrected chi connectivity index (χ0v) is 16.2. The van der Waals surface area contributed by atoms with Gasteiger partial charge in [0.25, 0.3) is 5.56 Å². The van der Waals surface area contributed by atoms with Crippen molar-refractivity contribution in [3.05, 3.63) is 62.5 Å². The second kappa shape index (κ2) is 7.70. The molecular formula is C20H18N2O3S2. The maximum absolute atomic E-state index is 12.8. The van der Waals surface area contributed by atoms with E-state index in [9.17, 15) is 9.59 Å². The van der Waals surface area contributed by atoms with E-state index in [1.807, 2.05) is 36.4 Å². The number of aromatic amines is 1. The molecule has 2 N–H and O–H groups in total. The zero-order chi connectivity index (χ0) is 18.8. The number of thiophene rings is 1. The van der Waals surface area contributed by atoms with Crippen LogP contribution in [0.1, 0.15) is 34.7 Å². The fourth-order valence-electron chi connectivity index (χ4n) is 3.30. The fourth-order valence-corrected chi connectivity index (χ4v) is 5.29. The maximum atomic E-state index is 12.8. The van der Waals surface area contributed by atoms with Gasteiger partial charge in [-0.3, -0.25) is 9.59 Å². The topological polar surface area (TPSA) is 83.0 Å². The van der Waals surface area contributed by atoms with Crippen molar-refractivity contribution in [2.24, 2.45) is 0 Å². The third-order valence-corrected chi connectivity index (χ3v) is 6.71. The summed E-state index contributed by atoms with van der Waals surface area (Å²) in [6.45, 7) is 0. The smallest absolute Gasteiger partial charge is 0.313 e. The summed E-state index contributed by atoms with van der Waals surface area (Å²) in [5.74, 6) is -0.573. The van der Waals surface area contributed by atoms with Gasteiger partial charge in [0.1, 0.15) is 10.7 Å². The van der Waals surface area contributed by atoms with Gasteiger partial charge in [-0.1, -0.05) is 30.3 Å². The highest BCUT2D eigenvalue weighted by atomic mass is 32.2. The Hall–Kier alpha value is -2.38. The number of nitrogens with zero attached hydrogens (tertiary/aromatic N) is 1. The van der Waals surface area contributed by atoms with Crippen LogP contribution in [0.4, 0.5) is 0 Å². The standard InChI is InChI=1S/C20H18N2O3S2/c23-16(24)11-26-15(10-12-6-2-1-3-7-12)18-21-19(25)17-13-8-4-5-9-14(13)27-20(17)22-18/h1-3,6-7,10H,4-5,8-9,11H2,(H,23,24)(H,21,22,25)/b15-10-. The Morgan fingerprint density at radius 3 is 2.81 bits per heavy atom. The van der Waals surface area contributed by atoms with Crippen LogP contribution in [0.2, 0.25) is 0 Å². The molecule has 5 nitrogen and oxygen atoms in total. The molecule has 0 amide bonds. The lowest BCUT2D eigenvalue weighted by molar-refractivity contribution is -0.133. The van der Waals surface area contributed by atoms with E-state index in [1.165, 1.54) is 4.88 Å². The molecule has 1 aromatic carbocycles. The lowest BCUT2D eigenvalue weighted by Crippen LogP contribution is -2.12. The van der Waals surface area contributed by atoms with E-state index in [-0.39, 0.29) is 11.3 Å². The molecule has 4 rings (SSSR count). The van der Waals surface area contributed by atoms with Crippen molar-refractivity contribution < 1.29 is 9.90 Å². The fraction of sp³-hybridized carbons (Fsp3) is 0.250. The molecule has 7 heteroatoms. The minimum Gasteiger partial charge on any atom is -0.481 e. The summed E-state index contributed by atoms with van der Waals surface area (Å²) in [6, 6.07) is 9.61. The van der Waals surface area contributed by atoms with Gasteiger partial charge < -0.3 is 10.1 Å². The number of aliphatic carboxylic acids is 1. The number of benzene rings is 1. The highest BCUT2D eigenvalue weighted by Crippen LogP contribution is 2.35. The first kappa shape index (κ1) is 18.0. The molecule has 0 unspecified atom stereocenters. The van der Waals surface area contributed by atoms with E-state index in [0.717, 1.165) is 53.4 Å². The van der Waals surface area contributed by atoms with Crippen LogP contribution in [0.15, 0.2) is 35.1 Å². The molecule has 2 aromatic heterocycles. The highest BCUT2D eigenvalue weighted by molar-refractivity contribution is 8.09. The Bertz CT molecular complexity index is 1080. The first-order valence-corrected chi connectivity index (χ1v) is 10.6. The summed E-state index contributed by atoms with van der Waals surface area (Å²) in [6.07, 6.45) is 6.06. The van der Waals surface area contributed by atoms with Crippen LogP contribution in [-0.4, -0.2) is 26.8 Å². The summed E-state index contributed by atoms with van der Waals surface area (Å²) >= 11 is 2.76. The summed E-state index contributed by atoms with van der Waals surface area (Å²) in [5.41, 5.74) is 1.94. The van der Waals surface area contributed by atoms with Crippen molar-refractivity contribution in [1.29, 1.82) is 0 Å². The summed E-state index contributed by atoms with van der Waals surface area (Å²) < 4.78 is 0. The van der Waals surface area contributed by atoms with E-state index >= 15 is 0 Å². The van der Waals surface area contributed by atoms with Crippen LogP contribution >= 0.6 is 23.1 Å². The molecule has 0 saturated heterocycles. The maximum Gasteiger partial charge on any atom is 0.313 e. The number of aromatic nitrogens is 2. The highest BCUT2D eigenvalue weighted by Gasteiger charge is 2.20. The number of carboxylic acid groups (broad SMARTS) is 1. The molecule has 0 atom stereocenters. The Morgan fingerprint density at radius 1 is 1.26 bits per heavy atom. The van der Waals surface area contributed by atoms with Crippen molar-refractivity contribution in [3.8, 4) is 0 Å². The van der Waals surface area contributed by atoms with Crippen LogP contribution in [0.3, 0.4) is 0 Å². The van der Waals surface area contributed by atoms with Gasteiger partial charge in [0.2, 0.25) is 0 Å². The average molecular weight is 399 g/mol. The minimum atomic E-state index is -0.908. The molecule has 0 aliphatic heterocycles. The molecule has 1 aliphatic carbocycles. The third kappa shape index (κ3) is 3.84. The van der Waals surface area contributed by atoms with Gasteiger partial charge in [-0.25, -0.2) is 4.98 Å². The predicted molar refractivity (Wildman–Crippen MR) is 111 cm³/mol. The van der Waals surface area contributed by atoms with Gasteiger partial charge in [-0.05, 0) is 42.9 Å². The van der Waals surface area contributed by atoms with Gasteiger partial charge in [0.15, 0.2) is 0 Å². The quantitative estimate of drug-likeness (QED) is 0.674. The van der Waals surface area contributed by atoms with Gasteiger partial charge in [-0.15, -0.1) is 23.1 Å². The summed E-state index contributed by atoms with van der Waals surface area (Å²) in [4.78, 5) is 34.1. The van der Waals surface area contributed by atoms with Crippen LogP contribution in [0, 0.1) is 0 Å². The molecule has 2 heterocycles. The molecule has 1 aliphatic rings. The van der Waals surface area contributed by atoms with Crippen molar-refractivity contribution in [1.82, 2.24) is 9.97 Å². The molecule has 0 bridgehead atoms.